The third-order valence-corrected chi connectivity index (χ3v) is 20.6. The van der Waals surface area contributed by atoms with Crippen LogP contribution in [0.5, 0.6) is 0 Å². The fourth-order valence-electron chi connectivity index (χ4n) is 13.8. The van der Waals surface area contributed by atoms with Crippen molar-refractivity contribution in [1.82, 2.24) is 5.32 Å². The molecule has 3 aliphatic rings. The van der Waals surface area contributed by atoms with Crippen LogP contribution in [0.1, 0.15) is 309 Å². The Morgan fingerprint density at radius 2 is 0.645 bits per heavy atom. The first-order chi connectivity index (χ1) is 52.3. The van der Waals surface area contributed by atoms with E-state index in [1.165, 1.54) is 167 Å². The van der Waals surface area contributed by atoms with Crippen LogP contribution in [-0.4, -0.2) is 193 Å². The molecule has 0 aromatic rings. The van der Waals surface area contributed by atoms with Gasteiger partial charge in [0.05, 0.1) is 38.6 Å². The molecule has 0 saturated carbocycles. The summed E-state index contributed by atoms with van der Waals surface area (Å²) in [4.78, 5) is 13.5. The number of carbonyl (C=O) groups is 1. The van der Waals surface area contributed by atoms with E-state index in [4.69, 9.17) is 28.4 Å². The molecule has 618 valence electrons. The molecule has 3 saturated heterocycles. The predicted octanol–water partition coefficient (Wildman–Crippen LogP) is 15.3. The highest BCUT2D eigenvalue weighted by atomic mass is 16.8. The molecule has 17 atom stereocenters. The molecule has 3 rings (SSSR count). The van der Waals surface area contributed by atoms with Crippen molar-refractivity contribution >= 4 is 5.91 Å². The summed E-state index contributed by atoms with van der Waals surface area (Å²) in [5.74, 6) is -0.244. The molecule has 0 radical (unpaired) electrons. The molecule has 0 bridgehead atoms. The maximum absolute atomic E-state index is 13.5. The monoisotopic (exact) mass is 1510 g/mol. The van der Waals surface area contributed by atoms with Crippen LogP contribution < -0.4 is 5.32 Å². The Morgan fingerprint density at radius 3 is 1.01 bits per heavy atom. The topological polar surface area (TPSA) is 307 Å². The molecular weight excluding hydrogens is 1360 g/mol. The highest BCUT2D eigenvalue weighted by Crippen LogP contribution is 2.33. The average Bonchev–Trinajstić information content (AvgIpc) is 0.782. The Hall–Kier alpha value is -3.55. The lowest BCUT2D eigenvalue weighted by molar-refractivity contribution is -0.379. The summed E-state index contributed by atoms with van der Waals surface area (Å²) >= 11 is 0. The normalized spacial score (nSPS) is 26.1. The molecule has 19 heteroatoms. The van der Waals surface area contributed by atoms with Crippen molar-refractivity contribution in [2.45, 2.75) is 413 Å². The van der Waals surface area contributed by atoms with Crippen LogP contribution in [0.15, 0.2) is 109 Å². The largest absolute Gasteiger partial charge is 0.394 e. The quantitative estimate of drug-likeness (QED) is 0.0199. The summed E-state index contributed by atoms with van der Waals surface area (Å²) in [6.07, 6.45) is 66.0. The maximum atomic E-state index is 13.5. The van der Waals surface area contributed by atoms with Gasteiger partial charge in [-0.25, -0.2) is 0 Å². The first kappa shape index (κ1) is 97.6. The minimum atomic E-state index is -1.98. The number of amides is 1. The van der Waals surface area contributed by atoms with Crippen LogP contribution in [0.2, 0.25) is 0 Å². The number of unbranched alkanes of at least 4 members (excludes halogenated alkanes) is 33. The molecule has 3 aliphatic heterocycles. The third-order valence-electron chi connectivity index (χ3n) is 20.6. The molecule has 107 heavy (non-hydrogen) atoms. The van der Waals surface area contributed by atoms with Gasteiger partial charge in [0, 0.05) is 6.42 Å². The van der Waals surface area contributed by atoms with E-state index in [2.05, 4.69) is 129 Å². The zero-order valence-corrected chi connectivity index (χ0v) is 66.3. The summed E-state index contributed by atoms with van der Waals surface area (Å²) in [5, 5.41) is 121. The molecule has 12 N–H and O–H groups in total. The van der Waals surface area contributed by atoms with Crippen molar-refractivity contribution in [3.05, 3.63) is 109 Å². The smallest absolute Gasteiger partial charge is 0.220 e. The highest BCUT2D eigenvalue weighted by molar-refractivity contribution is 5.76. The predicted molar refractivity (Wildman–Crippen MR) is 429 cm³/mol. The highest BCUT2D eigenvalue weighted by Gasteiger charge is 2.54. The van der Waals surface area contributed by atoms with Crippen LogP contribution in [0.4, 0.5) is 0 Å². The summed E-state index contributed by atoms with van der Waals surface area (Å²) in [6.45, 7) is 1.71. The molecule has 0 spiro atoms. The van der Waals surface area contributed by atoms with Gasteiger partial charge in [-0.05, 0) is 83.5 Å². The van der Waals surface area contributed by atoms with Gasteiger partial charge in [-0.2, -0.15) is 0 Å². The Balaban J connectivity index is 1.32. The van der Waals surface area contributed by atoms with E-state index in [0.29, 0.717) is 12.8 Å². The van der Waals surface area contributed by atoms with Crippen molar-refractivity contribution in [1.29, 1.82) is 0 Å². The number of nitrogens with one attached hydrogen (secondary N) is 1. The number of carbonyl (C=O) groups excluding carboxylic acids is 1. The number of rotatable bonds is 67. The van der Waals surface area contributed by atoms with Gasteiger partial charge in [0.25, 0.3) is 0 Å². The summed E-state index contributed by atoms with van der Waals surface area (Å²) < 4.78 is 34.5. The summed E-state index contributed by atoms with van der Waals surface area (Å²) in [5.41, 5.74) is 0. The zero-order chi connectivity index (χ0) is 77.4. The fraction of sp³-hybridized carbons (Fsp3) is 0.784. The number of ether oxygens (including phenoxy) is 6. The number of allylic oxidation sites excluding steroid dienone is 18. The Morgan fingerprint density at radius 1 is 0.346 bits per heavy atom. The van der Waals surface area contributed by atoms with Crippen LogP contribution in [0, 0.1) is 0 Å². The minimum Gasteiger partial charge on any atom is -0.394 e. The third kappa shape index (κ3) is 46.3. The molecular formula is C88H153NO18. The van der Waals surface area contributed by atoms with Crippen molar-refractivity contribution < 1.29 is 89.4 Å². The lowest BCUT2D eigenvalue weighted by atomic mass is 9.96. The van der Waals surface area contributed by atoms with Gasteiger partial charge in [-0.3, -0.25) is 4.79 Å². The van der Waals surface area contributed by atoms with Crippen molar-refractivity contribution in [3.8, 4) is 0 Å². The standard InChI is InChI=1S/C88H153NO18/c1-3-5-7-9-11-13-15-17-19-21-23-25-26-27-28-29-30-31-32-33-34-35-36-37-38-39-40-41-42-43-44-46-48-50-52-54-56-58-60-62-64-66-76(94)89-71(72(93)65-63-61-59-57-55-53-51-49-47-45-24-22-20-18-16-14-12-10-8-6-4-2)70-102-86-82(100)79(97)84(74(68-91)104-86)107-88-83(101)80(98)85(75(69-92)105-88)106-87-81(99)78(96)77(95)73(67-90)103-87/h5,7,11,13,17,19,23,25,27-28,30-31,33-34,36-37,39-40,71-75,77-88,90-93,95-101H,3-4,6,8-10,12,14-16,18,20-22,24,26,29,32,35,38,41-70H2,1-2H3,(H,89,94)/b7-5-,13-11-,19-17-,25-23-,28-27-,31-30-,34-33-,37-36-,40-39-. The zero-order valence-electron chi connectivity index (χ0n) is 66.3. The molecule has 17 unspecified atom stereocenters. The van der Waals surface area contributed by atoms with E-state index in [1.54, 1.807) is 0 Å². The minimum absolute atomic E-state index is 0.244. The summed E-state index contributed by atoms with van der Waals surface area (Å²) in [6, 6.07) is -0.895. The van der Waals surface area contributed by atoms with Gasteiger partial charge in [0.2, 0.25) is 5.91 Å². The van der Waals surface area contributed by atoms with Crippen molar-refractivity contribution in [3.63, 3.8) is 0 Å². The fourth-order valence-corrected chi connectivity index (χ4v) is 13.8. The number of hydrogen-bond donors (Lipinski definition) is 12. The van der Waals surface area contributed by atoms with E-state index in [9.17, 15) is 61.0 Å². The summed E-state index contributed by atoms with van der Waals surface area (Å²) in [7, 11) is 0. The van der Waals surface area contributed by atoms with Gasteiger partial charge in [0.1, 0.15) is 73.2 Å². The van der Waals surface area contributed by atoms with E-state index in [-0.39, 0.29) is 18.9 Å². The van der Waals surface area contributed by atoms with Gasteiger partial charge in [0.15, 0.2) is 18.9 Å². The van der Waals surface area contributed by atoms with Crippen LogP contribution in [-0.2, 0) is 33.2 Å². The average molecular weight is 1510 g/mol. The van der Waals surface area contributed by atoms with E-state index in [1.807, 2.05) is 0 Å². The van der Waals surface area contributed by atoms with E-state index in [0.717, 1.165) is 109 Å². The number of aliphatic hydroxyl groups excluding tert-OH is 11. The van der Waals surface area contributed by atoms with Gasteiger partial charge in [-0.15, -0.1) is 0 Å². The van der Waals surface area contributed by atoms with Gasteiger partial charge < -0.3 is 89.9 Å². The van der Waals surface area contributed by atoms with Crippen molar-refractivity contribution in [2.24, 2.45) is 0 Å². The Bertz CT molecular complexity index is 2360. The first-order valence-electron chi connectivity index (χ1n) is 42.6. The van der Waals surface area contributed by atoms with Gasteiger partial charge in [-0.1, -0.05) is 329 Å². The lowest BCUT2D eigenvalue weighted by Gasteiger charge is -2.48. The molecule has 3 heterocycles. The SMILES string of the molecule is CC/C=C\C/C=C\C/C=C\C/C=C\C/C=C\C/C=C\C/C=C\C/C=C\C/C=C\CCCCCCCCCCCCCCCC(=O)NC(COC1OC(CO)C(OC2OC(CO)C(OC3OC(CO)C(O)C(O)C3O)C(O)C2O)C(O)C1O)C(O)CCCCCCCCCCCCCCCCCCCCCCC. The number of aliphatic hydroxyl groups is 11. The first-order valence-corrected chi connectivity index (χ1v) is 42.6. The van der Waals surface area contributed by atoms with Gasteiger partial charge >= 0.3 is 0 Å². The second-order valence-corrected chi connectivity index (χ2v) is 29.9. The van der Waals surface area contributed by atoms with E-state index < -0.39 is 124 Å². The number of hydrogen-bond acceptors (Lipinski definition) is 18. The molecule has 3 fully saturated rings. The van der Waals surface area contributed by atoms with E-state index >= 15 is 0 Å². The second-order valence-electron chi connectivity index (χ2n) is 29.9. The molecule has 0 aliphatic carbocycles. The van der Waals surface area contributed by atoms with Crippen LogP contribution in [0.3, 0.4) is 0 Å². The molecule has 0 aromatic carbocycles. The molecule has 0 aromatic heterocycles. The lowest BCUT2D eigenvalue weighted by Crippen LogP contribution is -2.66. The molecule has 1 amide bonds. The van der Waals surface area contributed by atoms with Crippen LogP contribution >= 0.6 is 0 Å². The Kier molecular flexibility index (Phi) is 61.1. The van der Waals surface area contributed by atoms with Crippen LogP contribution in [0.25, 0.3) is 0 Å². The second kappa shape index (κ2) is 67.0. The Labute approximate surface area is 646 Å². The maximum Gasteiger partial charge on any atom is 0.220 e. The van der Waals surface area contributed by atoms with Crippen molar-refractivity contribution in [2.75, 3.05) is 26.4 Å². The molecule has 19 nitrogen and oxygen atoms in total.